The minimum absolute atomic E-state index is 0.0382. The average molecular weight is 226 g/mol. The lowest BCUT2D eigenvalue weighted by atomic mass is 9.77. The summed E-state index contributed by atoms with van der Waals surface area (Å²) in [5, 5.41) is 9.63. The van der Waals surface area contributed by atoms with Gasteiger partial charge in [0.25, 0.3) is 0 Å². The molecule has 1 N–H and O–H groups in total. The highest BCUT2D eigenvalue weighted by atomic mass is 16.6. The summed E-state index contributed by atoms with van der Waals surface area (Å²) in [4.78, 5) is 0. The highest BCUT2D eigenvalue weighted by molar-refractivity contribution is 4.93. The lowest BCUT2D eigenvalue weighted by Crippen LogP contribution is -2.42. The Bertz CT molecular complexity index is 248. The Hall–Kier alpha value is -0.120. The van der Waals surface area contributed by atoms with Crippen molar-refractivity contribution in [2.75, 3.05) is 19.8 Å². The van der Waals surface area contributed by atoms with Crippen molar-refractivity contribution in [1.82, 2.24) is 0 Å². The fourth-order valence-corrected chi connectivity index (χ4v) is 3.75. The molecule has 1 spiro atoms. The van der Waals surface area contributed by atoms with Gasteiger partial charge in [-0.05, 0) is 43.9 Å². The zero-order chi connectivity index (χ0) is 11.0. The van der Waals surface area contributed by atoms with Crippen LogP contribution in [0.3, 0.4) is 0 Å². The standard InChI is InChI=1S/C13H22O3/c14-12-2-1-10(7-12)11-3-5-16-13(8-11)4-6-15-9-13/h10-12,14H,1-9H2. The summed E-state index contributed by atoms with van der Waals surface area (Å²) >= 11 is 0. The minimum Gasteiger partial charge on any atom is -0.393 e. The number of ether oxygens (including phenoxy) is 2. The van der Waals surface area contributed by atoms with E-state index in [1.54, 1.807) is 0 Å². The van der Waals surface area contributed by atoms with Crippen molar-refractivity contribution >= 4 is 0 Å². The van der Waals surface area contributed by atoms with Crippen LogP contribution in [0.5, 0.6) is 0 Å². The molecule has 3 nitrogen and oxygen atoms in total. The van der Waals surface area contributed by atoms with E-state index in [4.69, 9.17) is 9.47 Å². The van der Waals surface area contributed by atoms with Gasteiger partial charge in [-0.1, -0.05) is 0 Å². The number of rotatable bonds is 1. The summed E-state index contributed by atoms with van der Waals surface area (Å²) in [6.45, 7) is 2.54. The minimum atomic E-state index is -0.0383. The van der Waals surface area contributed by atoms with Crippen molar-refractivity contribution in [3.8, 4) is 0 Å². The van der Waals surface area contributed by atoms with Gasteiger partial charge in [0.1, 0.15) is 0 Å². The van der Waals surface area contributed by atoms with Crippen molar-refractivity contribution in [2.24, 2.45) is 11.8 Å². The molecule has 3 heteroatoms. The molecule has 92 valence electrons. The van der Waals surface area contributed by atoms with E-state index in [0.717, 1.165) is 57.3 Å². The number of aliphatic hydroxyl groups is 1. The molecule has 1 saturated carbocycles. The van der Waals surface area contributed by atoms with Crippen LogP contribution in [0.25, 0.3) is 0 Å². The summed E-state index contributed by atoms with van der Waals surface area (Å²) in [6.07, 6.45) is 6.60. The Labute approximate surface area is 97.1 Å². The van der Waals surface area contributed by atoms with Crippen LogP contribution < -0.4 is 0 Å². The lowest BCUT2D eigenvalue weighted by molar-refractivity contribution is -0.106. The van der Waals surface area contributed by atoms with Gasteiger partial charge in [0.2, 0.25) is 0 Å². The van der Waals surface area contributed by atoms with E-state index in [0.29, 0.717) is 0 Å². The fraction of sp³-hybridized carbons (Fsp3) is 1.00. The van der Waals surface area contributed by atoms with Crippen LogP contribution >= 0.6 is 0 Å². The third kappa shape index (κ3) is 2.01. The van der Waals surface area contributed by atoms with Crippen LogP contribution in [0.4, 0.5) is 0 Å². The molecule has 16 heavy (non-hydrogen) atoms. The summed E-state index contributed by atoms with van der Waals surface area (Å²) in [5.41, 5.74) is 0.0382. The molecule has 3 fully saturated rings. The van der Waals surface area contributed by atoms with Crippen LogP contribution in [0, 0.1) is 11.8 Å². The maximum absolute atomic E-state index is 9.63. The molecule has 2 heterocycles. The van der Waals surface area contributed by atoms with Crippen molar-refractivity contribution in [1.29, 1.82) is 0 Å². The quantitative estimate of drug-likeness (QED) is 0.740. The van der Waals surface area contributed by atoms with E-state index in [-0.39, 0.29) is 11.7 Å². The van der Waals surface area contributed by atoms with Crippen LogP contribution in [-0.2, 0) is 9.47 Å². The van der Waals surface area contributed by atoms with Gasteiger partial charge in [0.05, 0.1) is 18.3 Å². The molecule has 3 rings (SSSR count). The molecule has 0 aromatic carbocycles. The molecule has 4 atom stereocenters. The van der Waals surface area contributed by atoms with Crippen molar-refractivity contribution in [2.45, 2.75) is 50.2 Å². The molecule has 0 bridgehead atoms. The summed E-state index contributed by atoms with van der Waals surface area (Å²) in [6, 6.07) is 0. The molecular formula is C13H22O3. The van der Waals surface area contributed by atoms with Gasteiger partial charge in [-0.3, -0.25) is 0 Å². The first-order valence-electron chi connectivity index (χ1n) is 6.67. The van der Waals surface area contributed by atoms with Gasteiger partial charge in [-0.2, -0.15) is 0 Å². The van der Waals surface area contributed by atoms with Crippen LogP contribution in [0.2, 0.25) is 0 Å². The number of aliphatic hydroxyl groups excluding tert-OH is 1. The van der Waals surface area contributed by atoms with E-state index in [1.165, 1.54) is 12.8 Å². The maximum atomic E-state index is 9.63. The van der Waals surface area contributed by atoms with Crippen molar-refractivity contribution in [3.05, 3.63) is 0 Å². The molecule has 2 saturated heterocycles. The first kappa shape index (κ1) is 11.0. The maximum Gasteiger partial charge on any atom is 0.0939 e. The molecule has 3 aliphatic rings. The van der Waals surface area contributed by atoms with Gasteiger partial charge < -0.3 is 14.6 Å². The van der Waals surface area contributed by atoms with Crippen LogP contribution in [0.15, 0.2) is 0 Å². The molecule has 0 aromatic heterocycles. The smallest absolute Gasteiger partial charge is 0.0939 e. The van der Waals surface area contributed by atoms with Gasteiger partial charge in [0, 0.05) is 19.6 Å². The zero-order valence-electron chi connectivity index (χ0n) is 9.86. The van der Waals surface area contributed by atoms with Crippen molar-refractivity contribution in [3.63, 3.8) is 0 Å². The Kier molecular flexibility index (Phi) is 2.94. The van der Waals surface area contributed by atoms with Gasteiger partial charge in [-0.15, -0.1) is 0 Å². The normalized spacial score (nSPS) is 48.9. The van der Waals surface area contributed by atoms with E-state index in [2.05, 4.69) is 0 Å². The topological polar surface area (TPSA) is 38.7 Å². The van der Waals surface area contributed by atoms with Gasteiger partial charge in [-0.25, -0.2) is 0 Å². The third-order valence-electron chi connectivity index (χ3n) is 4.71. The first-order valence-corrected chi connectivity index (χ1v) is 6.67. The van der Waals surface area contributed by atoms with Gasteiger partial charge >= 0.3 is 0 Å². The highest BCUT2D eigenvalue weighted by Gasteiger charge is 2.43. The highest BCUT2D eigenvalue weighted by Crippen LogP contribution is 2.43. The van der Waals surface area contributed by atoms with Crippen LogP contribution in [0.1, 0.15) is 38.5 Å². The van der Waals surface area contributed by atoms with E-state index >= 15 is 0 Å². The van der Waals surface area contributed by atoms with E-state index in [9.17, 15) is 5.11 Å². The molecule has 1 aliphatic carbocycles. The Morgan fingerprint density at radius 3 is 2.69 bits per heavy atom. The van der Waals surface area contributed by atoms with Gasteiger partial charge in [0.15, 0.2) is 0 Å². The molecule has 0 radical (unpaired) electrons. The number of hydrogen-bond donors (Lipinski definition) is 1. The Balaban J connectivity index is 1.63. The lowest BCUT2D eigenvalue weighted by Gasteiger charge is -2.39. The zero-order valence-corrected chi connectivity index (χ0v) is 9.86. The molecule has 4 unspecified atom stereocenters. The predicted molar refractivity (Wildman–Crippen MR) is 60.2 cm³/mol. The largest absolute Gasteiger partial charge is 0.393 e. The molecule has 0 amide bonds. The predicted octanol–water partition coefficient (Wildman–Crippen LogP) is 1.73. The third-order valence-corrected chi connectivity index (χ3v) is 4.71. The second-order valence-electron chi connectivity index (χ2n) is 5.81. The second-order valence-corrected chi connectivity index (χ2v) is 5.81. The number of hydrogen-bond acceptors (Lipinski definition) is 3. The molecular weight excluding hydrogens is 204 g/mol. The average Bonchev–Trinajstić information content (AvgIpc) is 2.89. The summed E-state index contributed by atoms with van der Waals surface area (Å²) in [7, 11) is 0. The Morgan fingerprint density at radius 1 is 1.06 bits per heavy atom. The summed E-state index contributed by atoms with van der Waals surface area (Å²) in [5.74, 6) is 1.49. The fourth-order valence-electron chi connectivity index (χ4n) is 3.75. The SMILES string of the molecule is OC1CCC(C2CCOC3(CCOC3)C2)C1. The summed E-state index contributed by atoms with van der Waals surface area (Å²) < 4.78 is 11.5. The van der Waals surface area contributed by atoms with E-state index < -0.39 is 0 Å². The first-order chi connectivity index (χ1) is 7.77. The Morgan fingerprint density at radius 2 is 2.00 bits per heavy atom. The molecule has 0 aromatic rings. The monoisotopic (exact) mass is 226 g/mol. The second kappa shape index (κ2) is 4.28. The van der Waals surface area contributed by atoms with Crippen molar-refractivity contribution < 1.29 is 14.6 Å². The van der Waals surface area contributed by atoms with E-state index in [1.807, 2.05) is 0 Å². The van der Waals surface area contributed by atoms with Crippen LogP contribution in [-0.4, -0.2) is 36.6 Å². The molecule has 2 aliphatic heterocycles.